The van der Waals surface area contributed by atoms with Crippen molar-refractivity contribution in [3.63, 3.8) is 0 Å². The van der Waals surface area contributed by atoms with Gasteiger partial charge < -0.3 is 14.0 Å². The maximum absolute atomic E-state index is 2.41. The number of rotatable bonds is 5. The average Bonchev–Trinajstić information content (AvgIpc) is 3.61. The van der Waals surface area contributed by atoms with Crippen LogP contribution in [0.3, 0.4) is 0 Å². The molecule has 2 heterocycles. The molecule has 0 aliphatic heterocycles. The fourth-order valence-corrected chi connectivity index (χ4v) is 6.92. The average molecular weight is 576 g/mol. The Bertz CT molecular complexity index is 2420. The third kappa shape index (κ3) is 4.05. The van der Waals surface area contributed by atoms with Gasteiger partial charge in [-0.05, 0) is 84.9 Å². The van der Waals surface area contributed by atoms with Gasteiger partial charge in [-0.2, -0.15) is 0 Å². The first kappa shape index (κ1) is 25.4. The maximum atomic E-state index is 2.41. The Morgan fingerprint density at radius 1 is 0.289 bits per heavy atom. The van der Waals surface area contributed by atoms with Gasteiger partial charge in [0.25, 0.3) is 0 Å². The van der Waals surface area contributed by atoms with Crippen LogP contribution in [0.15, 0.2) is 176 Å². The second kappa shape index (κ2) is 10.3. The molecule has 2 aromatic heterocycles. The smallest absolute Gasteiger partial charge is 0.0562 e. The third-order valence-corrected chi connectivity index (χ3v) is 8.88. The van der Waals surface area contributed by atoms with Crippen molar-refractivity contribution in [2.45, 2.75) is 0 Å². The molecule has 0 radical (unpaired) electrons. The summed E-state index contributed by atoms with van der Waals surface area (Å²) in [5.41, 5.74) is 10.5. The lowest BCUT2D eigenvalue weighted by Crippen LogP contribution is -2.09. The summed E-state index contributed by atoms with van der Waals surface area (Å²) < 4.78 is 4.81. The molecule has 9 rings (SSSR count). The summed E-state index contributed by atoms with van der Waals surface area (Å²) in [4.78, 5) is 2.30. The van der Waals surface area contributed by atoms with E-state index in [0.717, 1.165) is 28.4 Å². The molecule has 0 fully saturated rings. The fraction of sp³-hybridized carbons (Fsp3) is 0. The van der Waals surface area contributed by atoms with Crippen LogP contribution >= 0.6 is 0 Å². The summed E-state index contributed by atoms with van der Waals surface area (Å²) in [5.74, 6) is 0. The number of aromatic nitrogens is 2. The standard InChI is InChI=1S/C42H29N3/c1-4-14-30(15-5-1)43(31-16-6-2-7-17-31)33-24-26-34(27-25-33)45-40-23-13-11-21-36(40)38-28-37-35-20-10-12-22-39(35)44(41(37)29-42(38)45)32-18-8-3-9-19-32/h1-29H. The Morgan fingerprint density at radius 3 is 1.20 bits per heavy atom. The van der Waals surface area contributed by atoms with Crippen LogP contribution in [0.4, 0.5) is 17.1 Å². The molecule has 212 valence electrons. The minimum Gasteiger partial charge on any atom is -0.311 e. The highest BCUT2D eigenvalue weighted by Gasteiger charge is 2.19. The summed E-state index contributed by atoms with van der Waals surface area (Å²) >= 11 is 0. The topological polar surface area (TPSA) is 13.1 Å². The number of benzene rings is 7. The molecule has 0 unspecified atom stereocenters. The summed E-state index contributed by atoms with van der Waals surface area (Å²) in [7, 11) is 0. The summed E-state index contributed by atoms with van der Waals surface area (Å²) in [6, 6.07) is 63.0. The summed E-state index contributed by atoms with van der Waals surface area (Å²) in [6.45, 7) is 0. The normalized spacial score (nSPS) is 11.6. The first-order valence-electron chi connectivity index (χ1n) is 15.4. The van der Waals surface area contributed by atoms with Crippen molar-refractivity contribution in [1.82, 2.24) is 9.13 Å². The molecular weight excluding hydrogens is 546 g/mol. The van der Waals surface area contributed by atoms with Crippen molar-refractivity contribution >= 4 is 60.7 Å². The number of fused-ring (bicyclic) bond motifs is 6. The van der Waals surface area contributed by atoms with Gasteiger partial charge in [0.2, 0.25) is 0 Å². The predicted molar refractivity (Wildman–Crippen MR) is 190 cm³/mol. The largest absolute Gasteiger partial charge is 0.311 e. The molecule has 3 heteroatoms. The van der Waals surface area contributed by atoms with Crippen molar-refractivity contribution in [1.29, 1.82) is 0 Å². The lowest BCUT2D eigenvalue weighted by molar-refractivity contribution is 1.16. The van der Waals surface area contributed by atoms with Gasteiger partial charge in [0.1, 0.15) is 0 Å². The Balaban J connectivity index is 1.28. The molecule has 0 amide bonds. The van der Waals surface area contributed by atoms with E-state index < -0.39 is 0 Å². The first-order valence-corrected chi connectivity index (χ1v) is 15.4. The van der Waals surface area contributed by atoms with Crippen molar-refractivity contribution in [2.75, 3.05) is 4.90 Å². The van der Waals surface area contributed by atoms with Crippen molar-refractivity contribution in [3.05, 3.63) is 176 Å². The molecule has 0 saturated heterocycles. The van der Waals surface area contributed by atoms with Crippen LogP contribution in [0, 0.1) is 0 Å². The van der Waals surface area contributed by atoms with Crippen LogP contribution in [0.2, 0.25) is 0 Å². The molecule has 0 aliphatic rings. The molecule has 45 heavy (non-hydrogen) atoms. The summed E-state index contributed by atoms with van der Waals surface area (Å²) in [5, 5.41) is 5.04. The van der Waals surface area contributed by atoms with Crippen LogP contribution < -0.4 is 4.90 Å². The van der Waals surface area contributed by atoms with Crippen LogP contribution in [-0.2, 0) is 0 Å². The molecular formula is C42H29N3. The fourth-order valence-electron chi connectivity index (χ4n) is 6.92. The second-order valence-electron chi connectivity index (χ2n) is 11.5. The minimum atomic E-state index is 1.11. The van der Waals surface area contributed by atoms with Gasteiger partial charge in [-0.1, -0.05) is 91.0 Å². The van der Waals surface area contributed by atoms with E-state index >= 15 is 0 Å². The van der Waals surface area contributed by atoms with Crippen molar-refractivity contribution in [2.24, 2.45) is 0 Å². The quantitative estimate of drug-likeness (QED) is 0.199. The molecule has 0 spiro atoms. The van der Waals surface area contributed by atoms with E-state index in [1.807, 2.05) is 0 Å². The zero-order valence-corrected chi connectivity index (χ0v) is 24.6. The highest BCUT2D eigenvalue weighted by molar-refractivity contribution is 6.19. The Morgan fingerprint density at radius 2 is 0.689 bits per heavy atom. The zero-order chi connectivity index (χ0) is 29.7. The Kier molecular flexibility index (Phi) is 5.82. The predicted octanol–water partition coefficient (Wildman–Crippen LogP) is 11.4. The van der Waals surface area contributed by atoms with Crippen LogP contribution in [0.5, 0.6) is 0 Å². The monoisotopic (exact) mass is 575 g/mol. The van der Waals surface area contributed by atoms with Gasteiger partial charge in [0.15, 0.2) is 0 Å². The summed E-state index contributed by atoms with van der Waals surface area (Å²) in [6.07, 6.45) is 0. The first-order chi connectivity index (χ1) is 22.3. The second-order valence-corrected chi connectivity index (χ2v) is 11.5. The molecule has 7 aromatic carbocycles. The van der Waals surface area contributed by atoms with Crippen LogP contribution in [-0.4, -0.2) is 9.13 Å². The zero-order valence-electron chi connectivity index (χ0n) is 24.6. The van der Waals surface area contributed by atoms with Crippen molar-refractivity contribution < 1.29 is 0 Å². The Hall–Kier alpha value is -6.06. The van der Waals surface area contributed by atoms with E-state index in [9.17, 15) is 0 Å². The van der Waals surface area contributed by atoms with E-state index in [0.29, 0.717) is 0 Å². The molecule has 9 aromatic rings. The highest BCUT2D eigenvalue weighted by Crippen LogP contribution is 2.40. The van der Waals surface area contributed by atoms with Crippen LogP contribution in [0.1, 0.15) is 0 Å². The molecule has 0 aliphatic carbocycles. The van der Waals surface area contributed by atoms with E-state index in [1.165, 1.54) is 43.6 Å². The van der Waals surface area contributed by atoms with E-state index in [2.05, 4.69) is 190 Å². The SMILES string of the molecule is c1ccc(N(c2ccccc2)c2ccc(-n3c4ccccc4c4cc5c6ccccc6n(-c6ccccc6)c5cc43)cc2)cc1. The van der Waals surface area contributed by atoms with E-state index in [-0.39, 0.29) is 0 Å². The van der Waals surface area contributed by atoms with Gasteiger partial charge in [-0.25, -0.2) is 0 Å². The number of hydrogen-bond acceptors (Lipinski definition) is 1. The lowest BCUT2D eigenvalue weighted by atomic mass is 10.1. The lowest BCUT2D eigenvalue weighted by Gasteiger charge is -2.25. The van der Waals surface area contributed by atoms with Gasteiger partial charge in [-0.3, -0.25) is 0 Å². The van der Waals surface area contributed by atoms with Gasteiger partial charge in [0.05, 0.1) is 22.1 Å². The number of anilines is 3. The highest BCUT2D eigenvalue weighted by atomic mass is 15.1. The van der Waals surface area contributed by atoms with E-state index in [1.54, 1.807) is 0 Å². The molecule has 0 saturated carbocycles. The van der Waals surface area contributed by atoms with Gasteiger partial charge in [0, 0.05) is 50.0 Å². The molecule has 0 atom stereocenters. The molecule has 3 nitrogen and oxygen atoms in total. The number of nitrogens with zero attached hydrogens (tertiary/aromatic N) is 3. The molecule has 0 N–H and O–H groups in total. The Labute approximate surface area is 261 Å². The van der Waals surface area contributed by atoms with Gasteiger partial charge in [-0.15, -0.1) is 0 Å². The maximum Gasteiger partial charge on any atom is 0.0562 e. The van der Waals surface area contributed by atoms with Gasteiger partial charge >= 0.3 is 0 Å². The van der Waals surface area contributed by atoms with Crippen LogP contribution in [0.25, 0.3) is 55.0 Å². The number of para-hydroxylation sites is 5. The van der Waals surface area contributed by atoms with Crippen molar-refractivity contribution in [3.8, 4) is 11.4 Å². The minimum absolute atomic E-state index is 1.11. The van der Waals surface area contributed by atoms with E-state index in [4.69, 9.17) is 0 Å². The third-order valence-electron chi connectivity index (χ3n) is 8.88. The number of hydrogen-bond donors (Lipinski definition) is 0. The molecule has 0 bridgehead atoms.